The van der Waals surface area contributed by atoms with E-state index in [0.29, 0.717) is 17.1 Å². The number of rotatable bonds is 6. The number of para-hydroxylation sites is 1. The van der Waals surface area contributed by atoms with Gasteiger partial charge in [-0.05, 0) is 37.0 Å². The first-order chi connectivity index (χ1) is 16.8. The maximum atomic E-state index is 14.1. The van der Waals surface area contributed by atoms with E-state index in [-0.39, 0.29) is 29.6 Å². The maximum absolute atomic E-state index is 14.1. The van der Waals surface area contributed by atoms with Crippen LogP contribution < -0.4 is 10.6 Å². The van der Waals surface area contributed by atoms with Crippen molar-refractivity contribution in [3.63, 3.8) is 0 Å². The van der Waals surface area contributed by atoms with Gasteiger partial charge in [0.2, 0.25) is 17.7 Å². The highest BCUT2D eigenvalue weighted by Gasteiger charge is 2.74. The van der Waals surface area contributed by atoms with Gasteiger partial charge in [-0.25, -0.2) is 0 Å². The summed E-state index contributed by atoms with van der Waals surface area (Å²) < 4.78 is -0.750. The van der Waals surface area contributed by atoms with E-state index in [1.54, 1.807) is 24.9 Å². The number of amides is 3. The van der Waals surface area contributed by atoms with Gasteiger partial charge in [-0.1, -0.05) is 54.1 Å². The van der Waals surface area contributed by atoms with E-state index in [2.05, 4.69) is 10.6 Å². The molecule has 3 N–H and O–H groups in total. The number of carbonyl (C=O) groups excluding carboxylic acids is 3. The number of aliphatic hydroxyl groups is 1. The smallest absolute Gasteiger partial charge is 0.248 e. The van der Waals surface area contributed by atoms with Crippen molar-refractivity contribution < 1.29 is 19.5 Å². The zero-order chi connectivity index (χ0) is 24.9. The van der Waals surface area contributed by atoms with Gasteiger partial charge in [-0.3, -0.25) is 14.4 Å². The van der Waals surface area contributed by atoms with E-state index in [1.807, 2.05) is 49.4 Å². The Morgan fingerprint density at radius 3 is 2.60 bits per heavy atom. The summed E-state index contributed by atoms with van der Waals surface area (Å²) >= 11 is 8.00. The molecule has 3 heterocycles. The Bertz CT molecular complexity index is 1160. The van der Waals surface area contributed by atoms with Crippen molar-refractivity contribution in [1.82, 2.24) is 10.2 Å². The normalized spacial score (nSPS) is 29.7. The Labute approximate surface area is 213 Å². The molecule has 35 heavy (non-hydrogen) atoms. The van der Waals surface area contributed by atoms with Crippen molar-refractivity contribution >= 4 is 46.8 Å². The van der Waals surface area contributed by atoms with Crippen molar-refractivity contribution in [3.8, 4) is 0 Å². The van der Waals surface area contributed by atoms with Gasteiger partial charge in [-0.15, -0.1) is 11.8 Å². The van der Waals surface area contributed by atoms with Crippen LogP contribution >= 0.6 is 23.4 Å². The number of aryl methyl sites for hydroxylation is 1. The molecule has 3 amide bonds. The molecule has 3 aliphatic heterocycles. The highest BCUT2D eigenvalue weighted by atomic mass is 35.5. The summed E-state index contributed by atoms with van der Waals surface area (Å²) in [5.41, 5.74) is 2.05. The molecular formula is C26H28ClN3O4S. The van der Waals surface area contributed by atoms with Gasteiger partial charge >= 0.3 is 0 Å². The van der Waals surface area contributed by atoms with Crippen molar-refractivity contribution in [2.24, 2.45) is 11.8 Å². The molecule has 3 saturated heterocycles. The van der Waals surface area contributed by atoms with Crippen LogP contribution in [0.4, 0.5) is 5.69 Å². The molecule has 0 aliphatic carbocycles. The van der Waals surface area contributed by atoms with E-state index >= 15 is 0 Å². The lowest BCUT2D eigenvalue weighted by Crippen LogP contribution is -2.52. The molecule has 2 bridgehead atoms. The average Bonchev–Trinajstić information content (AvgIpc) is 3.50. The number of halogens is 1. The number of hydrogen-bond donors (Lipinski definition) is 3. The molecule has 0 aromatic heterocycles. The summed E-state index contributed by atoms with van der Waals surface area (Å²) in [4.78, 5) is 42.6. The Balaban J connectivity index is 1.61. The summed E-state index contributed by atoms with van der Waals surface area (Å²) in [5.74, 6) is -1.93. The number of carbonyl (C=O) groups is 3. The lowest BCUT2D eigenvalue weighted by atomic mass is 9.70. The fraction of sp³-hybridized carbons (Fsp3) is 0.423. The standard InChI is InChI=1S/C26H28ClN3O4S/c1-14-7-6-10-16(27)21(14)29-24(33)22-26-12-11-18(35-26)19(23(32)28-2)20(26)25(34)30(22)17(13-31)15-8-4-3-5-9-15/h3-10,17-20,22,31H,11-13H2,1-2H3,(H,28,32)(H,29,33)/t17-,18-,19+,20+,22?,26?/m1/s1. The molecule has 2 unspecified atom stereocenters. The summed E-state index contributed by atoms with van der Waals surface area (Å²) in [6.45, 7) is 1.52. The van der Waals surface area contributed by atoms with Crippen molar-refractivity contribution in [2.75, 3.05) is 19.0 Å². The van der Waals surface area contributed by atoms with Crippen LogP contribution in [0.5, 0.6) is 0 Å². The second-order valence-corrected chi connectivity index (χ2v) is 11.5. The molecule has 5 rings (SSSR count). The highest BCUT2D eigenvalue weighted by molar-refractivity contribution is 8.02. The summed E-state index contributed by atoms with van der Waals surface area (Å²) in [7, 11) is 1.58. The minimum Gasteiger partial charge on any atom is -0.394 e. The molecular weight excluding hydrogens is 486 g/mol. The van der Waals surface area contributed by atoms with E-state index < -0.39 is 28.7 Å². The largest absolute Gasteiger partial charge is 0.394 e. The molecule has 6 atom stereocenters. The van der Waals surface area contributed by atoms with Crippen LogP contribution in [0.1, 0.15) is 30.0 Å². The lowest BCUT2D eigenvalue weighted by Gasteiger charge is -2.37. The summed E-state index contributed by atoms with van der Waals surface area (Å²) in [6.07, 6.45) is 1.40. The lowest BCUT2D eigenvalue weighted by molar-refractivity contribution is -0.142. The molecule has 7 nitrogen and oxygen atoms in total. The van der Waals surface area contributed by atoms with Crippen molar-refractivity contribution in [2.45, 2.75) is 41.8 Å². The molecule has 2 aromatic rings. The number of benzene rings is 2. The fourth-order valence-electron chi connectivity index (χ4n) is 6.20. The van der Waals surface area contributed by atoms with Crippen LogP contribution in [0.3, 0.4) is 0 Å². The minimum absolute atomic E-state index is 0.0206. The number of anilines is 1. The predicted octanol–water partition coefficient (Wildman–Crippen LogP) is 3.16. The maximum Gasteiger partial charge on any atom is 0.248 e. The third kappa shape index (κ3) is 3.65. The Morgan fingerprint density at radius 1 is 1.20 bits per heavy atom. The zero-order valence-electron chi connectivity index (χ0n) is 19.5. The van der Waals surface area contributed by atoms with Crippen LogP contribution in [0.15, 0.2) is 48.5 Å². The van der Waals surface area contributed by atoms with Crippen LogP contribution in [0.2, 0.25) is 5.02 Å². The number of likely N-dealkylation sites (tertiary alicyclic amines) is 1. The number of nitrogens with one attached hydrogen (secondary N) is 2. The minimum atomic E-state index is -0.863. The van der Waals surface area contributed by atoms with Crippen molar-refractivity contribution in [3.05, 3.63) is 64.7 Å². The van der Waals surface area contributed by atoms with Gasteiger partial charge in [0.1, 0.15) is 6.04 Å². The van der Waals surface area contributed by atoms with Crippen LogP contribution in [-0.4, -0.2) is 57.4 Å². The molecule has 0 radical (unpaired) electrons. The third-order valence-electron chi connectivity index (χ3n) is 7.70. The van der Waals surface area contributed by atoms with Crippen LogP contribution in [0, 0.1) is 18.8 Å². The van der Waals surface area contributed by atoms with E-state index in [1.165, 1.54) is 4.90 Å². The molecule has 3 aliphatic rings. The molecule has 1 spiro atoms. The Morgan fingerprint density at radius 2 is 1.94 bits per heavy atom. The Kier molecular flexibility index (Phi) is 6.32. The third-order valence-corrected chi connectivity index (χ3v) is 9.97. The molecule has 0 saturated carbocycles. The fourth-order valence-corrected chi connectivity index (χ4v) is 8.68. The molecule has 3 fully saturated rings. The van der Waals surface area contributed by atoms with Crippen molar-refractivity contribution in [1.29, 1.82) is 0 Å². The van der Waals surface area contributed by atoms with Gasteiger partial charge in [0.15, 0.2) is 0 Å². The highest BCUT2D eigenvalue weighted by Crippen LogP contribution is 2.67. The number of hydrogen-bond acceptors (Lipinski definition) is 5. The average molecular weight is 514 g/mol. The molecule has 2 aromatic carbocycles. The molecule has 9 heteroatoms. The Hall–Kier alpha value is -2.55. The number of fused-ring (bicyclic) bond motifs is 1. The predicted molar refractivity (Wildman–Crippen MR) is 136 cm³/mol. The van der Waals surface area contributed by atoms with E-state index in [9.17, 15) is 19.5 Å². The monoisotopic (exact) mass is 513 g/mol. The second-order valence-electron chi connectivity index (χ2n) is 9.45. The number of nitrogens with zero attached hydrogens (tertiary/aromatic N) is 1. The van der Waals surface area contributed by atoms with E-state index in [0.717, 1.165) is 17.5 Å². The van der Waals surface area contributed by atoms with Gasteiger partial charge in [0.05, 0.1) is 39.9 Å². The second kappa shape index (κ2) is 9.15. The van der Waals surface area contributed by atoms with Gasteiger partial charge in [0.25, 0.3) is 0 Å². The topological polar surface area (TPSA) is 98.7 Å². The molecule has 184 valence electrons. The van der Waals surface area contributed by atoms with Crippen LogP contribution in [0.25, 0.3) is 0 Å². The van der Waals surface area contributed by atoms with Gasteiger partial charge < -0.3 is 20.6 Å². The van der Waals surface area contributed by atoms with Gasteiger partial charge in [0, 0.05) is 12.3 Å². The first-order valence-electron chi connectivity index (χ1n) is 11.8. The SMILES string of the molecule is CNC(=O)[C@@H]1[C@H]2C(=O)N([C@H](CO)c3ccccc3)C(C(=O)Nc3c(C)cccc3Cl)C23CC[C@H]1S3. The zero-order valence-corrected chi connectivity index (χ0v) is 21.1. The first kappa shape index (κ1) is 24.2. The van der Waals surface area contributed by atoms with Crippen LogP contribution in [-0.2, 0) is 14.4 Å². The van der Waals surface area contributed by atoms with Gasteiger partial charge in [-0.2, -0.15) is 0 Å². The van der Waals surface area contributed by atoms with E-state index in [4.69, 9.17) is 11.6 Å². The first-order valence-corrected chi connectivity index (χ1v) is 13.0. The quantitative estimate of drug-likeness (QED) is 0.551. The number of aliphatic hydroxyl groups excluding tert-OH is 1. The number of thioether (sulfide) groups is 1. The summed E-state index contributed by atoms with van der Waals surface area (Å²) in [6, 6.07) is 13.0. The summed E-state index contributed by atoms with van der Waals surface area (Å²) in [5, 5.41) is 16.6.